The largest absolute Gasteiger partial charge is 0.469 e. The molecule has 21 heavy (non-hydrogen) atoms. The van der Waals surface area contributed by atoms with Crippen LogP contribution in [0.4, 0.5) is 0 Å². The lowest BCUT2D eigenvalue weighted by Crippen LogP contribution is -2.46. The van der Waals surface area contributed by atoms with Crippen LogP contribution in [0.5, 0.6) is 0 Å². The highest BCUT2D eigenvalue weighted by Crippen LogP contribution is 2.12. The van der Waals surface area contributed by atoms with Gasteiger partial charge in [0.2, 0.25) is 0 Å². The van der Waals surface area contributed by atoms with Gasteiger partial charge in [0, 0.05) is 12.4 Å². The predicted octanol–water partition coefficient (Wildman–Crippen LogP) is 0.552. The van der Waals surface area contributed by atoms with Crippen LogP contribution in [0.1, 0.15) is 23.7 Å². The summed E-state index contributed by atoms with van der Waals surface area (Å²) in [7, 11) is 2.48. The number of nitrogens with zero attached hydrogens (tertiary/aromatic N) is 1. The topological polar surface area (TPSA) is 94.6 Å². The molecule has 0 aliphatic heterocycles. The fraction of sp³-hybridized carbons (Fsp3) is 0.429. The highest BCUT2D eigenvalue weighted by molar-refractivity contribution is 5.96. The highest BCUT2D eigenvalue weighted by Gasteiger charge is 2.29. The summed E-state index contributed by atoms with van der Waals surface area (Å²) >= 11 is 0. The lowest BCUT2D eigenvalue weighted by molar-refractivity contribution is -0.146. The van der Waals surface area contributed by atoms with E-state index in [1.54, 1.807) is 19.1 Å². The van der Waals surface area contributed by atoms with Crippen LogP contribution in [0.25, 0.3) is 0 Å². The van der Waals surface area contributed by atoms with E-state index in [9.17, 15) is 14.4 Å². The summed E-state index contributed by atoms with van der Waals surface area (Å²) in [6.45, 7) is 1.65. The van der Waals surface area contributed by atoms with Crippen LogP contribution in [-0.4, -0.2) is 43.1 Å². The van der Waals surface area contributed by atoms with Crippen LogP contribution in [0.15, 0.2) is 24.5 Å². The Bertz CT molecular complexity index is 503. The molecule has 7 nitrogen and oxygen atoms in total. The van der Waals surface area contributed by atoms with Gasteiger partial charge in [-0.2, -0.15) is 0 Å². The van der Waals surface area contributed by atoms with Crippen molar-refractivity contribution in [3.8, 4) is 0 Å². The van der Waals surface area contributed by atoms with Gasteiger partial charge in [0.05, 0.1) is 26.2 Å². The van der Waals surface area contributed by atoms with Gasteiger partial charge in [-0.25, -0.2) is 4.79 Å². The molecule has 0 bridgehead atoms. The standard InChI is InChI=1S/C14H18N2O5/c1-9(7-11(17)20-2)12(14(19)21-3)16-13(18)10-5-4-6-15-8-10/h4-6,8-9,12H,7H2,1-3H3,(H,16,18)/t9-,12-/m1/s1. The molecule has 114 valence electrons. The molecule has 1 N–H and O–H groups in total. The summed E-state index contributed by atoms with van der Waals surface area (Å²) in [4.78, 5) is 39.0. The van der Waals surface area contributed by atoms with Crippen molar-refractivity contribution in [3.05, 3.63) is 30.1 Å². The van der Waals surface area contributed by atoms with E-state index in [1.807, 2.05) is 0 Å². The van der Waals surface area contributed by atoms with E-state index in [-0.39, 0.29) is 6.42 Å². The first-order valence-corrected chi connectivity index (χ1v) is 6.35. The first-order chi connectivity index (χ1) is 9.99. The number of pyridine rings is 1. The molecule has 0 saturated carbocycles. The summed E-state index contributed by atoms with van der Waals surface area (Å²) in [5, 5.41) is 2.55. The molecule has 1 heterocycles. The quantitative estimate of drug-likeness (QED) is 0.770. The molecule has 0 unspecified atom stereocenters. The van der Waals surface area contributed by atoms with E-state index in [0.29, 0.717) is 5.56 Å². The average molecular weight is 294 g/mol. The monoisotopic (exact) mass is 294 g/mol. The summed E-state index contributed by atoms with van der Waals surface area (Å²) in [5.41, 5.74) is 0.316. The zero-order valence-electron chi connectivity index (χ0n) is 12.2. The van der Waals surface area contributed by atoms with Crippen molar-refractivity contribution < 1.29 is 23.9 Å². The Hall–Kier alpha value is -2.44. The van der Waals surface area contributed by atoms with Crippen molar-refractivity contribution in [1.82, 2.24) is 10.3 Å². The number of rotatable bonds is 6. The Morgan fingerprint density at radius 2 is 2.00 bits per heavy atom. The lowest BCUT2D eigenvalue weighted by atomic mass is 9.98. The van der Waals surface area contributed by atoms with E-state index in [4.69, 9.17) is 0 Å². The van der Waals surface area contributed by atoms with E-state index in [1.165, 1.54) is 26.6 Å². The zero-order valence-corrected chi connectivity index (χ0v) is 12.2. The number of aromatic nitrogens is 1. The third-order valence-corrected chi connectivity index (χ3v) is 2.95. The fourth-order valence-corrected chi connectivity index (χ4v) is 1.75. The number of methoxy groups -OCH3 is 2. The van der Waals surface area contributed by atoms with Gasteiger partial charge in [0.1, 0.15) is 6.04 Å². The van der Waals surface area contributed by atoms with Crippen molar-refractivity contribution in [3.63, 3.8) is 0 Å². The molecule has 0 aliphatic rings. The first kappa shape index (κ1) is 16.6. The molecule has 0 spiro atoms. The van der Waals surface area contributed by atoms with Gasteiger partial charge in [-0.3, -0.25) is 14.6 Å². The molecule has 0 aliphatic carbocycles. The Kier molecular flexibility index (Phi) is 6.32. The van der Waals surface area contributed by atoms with Gasteiger partial charge in [-0.05, 0) is 18.1 Å². The Morgan fingerprint density at radius 3 is 2.52 bits per heavy atom. The maximum Gasteiger partial charge on any atom is 0.328 e. The van der Waals surface area contributed by atoms with Crippen LogP contribution in [-0.2, 0) is 19.1 Å². The van der Waals surface area contributed by atoms with Crippen molar-refractivity contribution in [2.45, 2.75) is 19.4 Å². The maximum atomic E-state index is 12.1. The SMILES string of the molecule is COC(=O)C[C@@H](C)[C@@H](NC(=O)c1cccnc1)C(=O)OC. The molecule has 0 radical (unpaired) electrons. The third-order valence-electron chi connectivity index (χ3n) is 2.95. The molecule has 1 aromatic heterocycles. The third kappa shape index (κ3) is 4.87. The van der Waals surface area contributed by atoms with Crippen molar-refractivity contribution in [2.75, 3.05) is 14.2 Å². The smallest absolute Gasteiger partial charge is 0.328 e. The minimum absolute atomic E-state index is 0.0103. The van der Waals surface area contributed by atoms with Crippen LogP contribution < -0.4 is 5.32 Å². The number of nitrogens with one attached hydrogen (secondary N) is 1. The van der Waals surface area contributed by atoms with Crippen LogP contribution in [0.3, 0.4) is 0 Å². The zero-order chi connectivity index (χ0) is 15.8. The van der Waals surface area contributed by atoms with Crippen molar-refractivity contribution >= 4 is 17.8 Å². The molecule has 0 saturated heterocycles. The van der Waals surface area contributed by atoms with Gasteiger partial charge < -0.3 is 14.8 Å². The van der Waals surface area contributed by atoms with E-state index in [2.05, 4.69) is 19.8 Å². The molecular formula is C14H18N2O5. The van der Waals surface area contributed by atoms with Crippen LogP contribution in [0.2, 0.25) is 0 Å². The summed E-state index contributed by atoms with van der Waals surface area (Å²) in [5.74, 6) is -2.02. The van der Waals surface area contributed by atoms with E-state index < -0.39 is 29.8 Å². The Labute approximate surface area is 122 Å². The molecule has 0 aromatic carbocycles. The van der Waals surface area contributed by atoms with Crippen LogP contribution >= 0.6 is 0 Å². The maximum absolute atomic E-state index is 12.1. The second-order valence-corrected chi connectivity index (χ2v) is 4.47. The minimum atomic E-state index is -0.943. The van der Waals surface area contributed by atoms with Gasteiger partial charge in [-0.1, -0.05) is 6.92 Å². The molecule has 1 amide bonds. The Balaban J connectivity index is 2.81. The molecule has 7 heteroatoms. The molecule has 1 aromatic rings. The van der Waals surface area contributed by atoms with E-state index >= 15 is 0 Å². The summed E-state index contributed by atoms with van der Waals surface area (Å²) in [6, 6.07) is 2.24. The number of carbonyl (C=O) groups excluding carboxylic acids is 3. The minimum Gasteiger partial charge on any atom is -0.469 e. The number of carbonyl (C=O) groups is 3. The molecule has 1 rings (SSSR count). The van der Waals surface area contributed by atoms with Gasteiger partial charge in [0.25, 0.3) is 5.91 Å². The van der Waals surface area contributed by atoms with E-state index in [0.717, 1.165) is 0 Å². The Morgan fingerprint density at radius 1 is 1.29 bits per heavy atom. The van der Waals surface area contributed by atoms with Gasteiger partial charge in [-0.15, -0.1) is 0 Å². The summed E-state index contributed by atoms with van der Waals surface area (Å²) < 4.78 is 9.22. The second kappa shape index (κ2) is 7.98. The highest BCUT2D eigenvalue weighted by atomic mass is 16.5. The lowest BCUT2D eigenvalue weighted by Gasteiger charge is -2.22. The number of esters is 2. The number of hydrogen-bond acceptors (Lipinski definition) is 6. The van der Waals surface area contributed by atoms with Crippen molar-refractivity contribution in [2.24, 2.45) is 5.92 Å². The number of amides is 1. The predicted molar refractivity (Wildman–Crippen MR) is 73.3 cm³/mol. The van der Waals surface area contributed by atoms with Gasteiger partial charge in [0.15, 0.2) is 0 Å². The molecular weight excluding hydrogens is 276 g/mol. The fourth-order valence-electron chi connectivity index (χ4n) is 1.75. The van der Waals surface area contributed by atoms with Crippen molar-refractivity contribution in [1.29, 1.82) is 0 Å². The van der Waals surface area contributed by atoms with Gasteiger partial charge >= 0.3 is 11.9 Å². The summed E-state index contributed by atoms with van der Waals surface area (Å²) in [6.07, 6.45) is 2.91. The molecule has 2 atom stereocenters. The number of hydrogen-bond donors (Lipinski definition) is 1. The van der Waals surface area contributed by atoms with Crippen LogP contribution in [0, 0.1) is 5.92 Å². The normalized spacial score (nSPS) is 12.9. The number of ether oxygens (including phenoxy) is 2. The second-order valence-electron chi connectivity index (χ2n) is 4.47. The average Bonchev–Trinajstić information content (AvgIpc) is 2.52. The molecule has 0 fully saturated rings. The first-order valence-electron chi connectivity index (χ1n) is 6.35.